The quantitative estimate of drug-likeness (QED) is 0.550. The molecule has 8 heteroatoms. The Morgan fingerprint density at radius 3 is 2.59 bits per heavy atom. The van der Waals surface area contributed by atoms with Gasteiger partial charge in [-0.05, 0) is 45.6 Å². The Morgan fingerprint density at radius 1 is 1.22 bits per heavy atom. The Hall–Kier alpha value is -2.06. The molecule has 3 aliphatic rings. The van der Waals surface area contributed by atoms with Crippen molar-refractivity contribution in [3.05, 3.63) is 35.9 Å². The van der Waals surface area contributed by atoms with Gasteiger partial charge in [-0.25, -0.2) is 0 Å². The first-order valence-corrected chi connectivity index (χ1v) is 12.3. The summed E-state index contributed by atoms with van der Waals surface area (Å²) < 4.78 is -0.977. The van der Waals surface area contributed by atoms with Gasteiger partial charge in [0, 0.05) is 30.5 Å². The summed E-state index contributed by atoms with van der Waals surface area (Å²) in [4.78, 5) is 42.1. The van der Waals surface area contributed by atoms with Crippen LogP contribution in [0.4, 0.5) is 0 Å². The van der Waals surface area contributed by atoms with Crippen molar-refractivity contribution >= 4 is 29.5 Å². The van der Waals surface area contributed by atoms with Crippen LogP contribution >= 0.6 is 11.8 Å². The second-order valence-electron chi connectivity index (χ2n) is 9.70. The number of carbonyl (C=O) groups is 3. The number of nitrogens with zero attached hydrogens (tertiary/aromatic N) is 1. The van der Waals surface area contributed by atoms with Gasteiger partial charge in [0.05, 0.1) is 16.6 Å². The van der Waals surface area contributed by atoms with Crippen LogP contribution < -0.4 is 10.6 Å². The van der Waals surface area contributed by atoms with Gasteiger partial charge in [-0.15, -0.1) is 11.8 Å². The fourth-order valence-corrected chi connectivity index (χ4v) is 8.22. The zero-order valence-electron chi connectivity index (χ0n) is 19.0. The normalized spacial score (nSPS) is 33.0. The standard InChI is InChI=1S/C24H33N3O4S/c1-15(2)26-21(30)19-24-11-10-23(3,32-24)17(18(24)22(31)27(19)12-7-13-28)20(29)25-14-16-8-5-4-6-9-16/h4-6,8-9,15,17-19,28H,7,10-14H2,1-3H3,(H,25,29)(H,26,30)/t17-,18+,19?,23+,24?/m1/s1. The summed E-state index contributed by atoms with van der Waals surface area (Å²) in [6.45, 7) is 6.56. The van der Waals surface area contributed by atoms with Crippen molar-refractivity contribution < 1.29 is 19.5 Å². The van der Waals surface area contributed by atoms with Gasteiger partial charge in [0.1, 0.15) is 6.04 Å². The molecule has 32 heavy (non-hydrogen) atoms. The van der Waals surface area contributed by atoms with Gasteiger partial charge in [0.25, 0.3) is 0 Å². The third kappa shape index (κ3) is 3.71. The molecule has 3 N–H and O–H groups in total. The molecule has 5 atom stereocenters. The maximum atomic E-state index is 13.7. The van der Waals surface area contributed by atoms with Crippen LogP contribution in [0, 0.1) is 11.8 Å². The molecule has 3 heterocycles. The van der Waals surface area contributed by atoms with Crippen LogP contribution in [0.15, 0.2) is 30.3 Å². The molecule has 0 aromatic heterocycles. The van der Waals surface area contributed by atoms with Crippen LogP contribution in [0.2, 0.25) is 0 Å². The average Bonchev–Trinajstić information content (AvgIpc) is 3.31. The summed E-state index contributed by atoms with van der Waals surface area (Å²) in [6, 6.07) is 9.06. The topological polar surface area (TPSA) is 98.7 Å². The zero-order chi connectivity index (χ0) is 23.1. The van der Waals surface area contributed by atoms with Crippen molar-refractivity contribution in [2.75, 3.05) is 13.2 Å². The molecule has 0 aliphatic carbocycles. The molecule has 1 aromatic rings. The molecular weight excluding hydrogens is 426 g/mol. The molecule has 1 spiro atoms. The highest BCUT2D eigenvalue weighted by atomic mass is 32.2. The number of likely N-dealkylation sites (tertiary alicyclic amines) is 1. The summed E-state index contributed by atoms with van der Waals surface area (Å²) in [5.74, 6) is -1.40. The predicted octanol–water partition coefficient (Wildman–Crippen LogP) is 1.69. The molecule has 3 aliphatic heterocycles. The molecule has 1 aromatic carbocycles. The smallest absolute Gasteiger partial charge is 0.244 e. The predicted molar refractivity (Wildman–Crippen MR) is 124 cm³/mol. The average molecular weight is 460 g/mol. The van der Waals surface area contributed by atoms with E-state index in [-0.39, 0.29) is 35.1 Å². The van der Waals surface area contributed by atoms with E-state index in [2.05, 4.69) is 17.6 Å². The molecular formula is C24H33N3O4S. The highest BCUT2D eigenvalue weighted by Gasteiger charge is 2.76. The summed E-state index contributed by atoms with van der Waals surface area (Å²) in [6.07, 6.45) is 1.94. The number of carbonyl (C=O) groups excluding carboxylic acids is 3. The number of aliphatic hydroxyl groups excluding tert-OH is 1. The van der Waals surface area contributed by atoms with Gasteiger partial charge in [0.2, 0.25) is 17.7 Å². The van der Waals surface area contributed by atoms with E-state index in [9.17, 15) is 19.5 Å². The van der Waals surface area contributed by atoms with Crippen molar-refractivity contribution in [1.82, 2.24) is 15.5 Å². The van der Waals surface area contributed by atoms with Gasteiger partial charge in [-0.2, -0.15) is 0 Å². The van der Waals surface area contributed by atoms with Gasteiger partial charge in [-0.1, -0.05) is 30.3 Å². The van der Waals surface area contributed by atoms with E-state index in [1.54, 1.807) is 16.7 Å². The molecule has 0 radical (unpaired) electrons. The lowest BCUT2D eigenvalue weighted by Crippen LogP contribution is -2.55. The van der Waals surface area contributed by atoms with Crippen LogP contribution in [0.25, 0.3) is 0 Å². The van der Waals surface area contributed by atoms with Gasteiger partial charge in [0.15, 0.2) is 0 Å². The van der Waals surface area contributed by atoms with Crippen molar-refractivity contribution in [2.24, 2.45) is 11.8 Å². The van der Waals surface area contributed by atoms with E-state index in [1.807, 2.05) is 44.2 Å². The van der Waals surface area contributed by atoms with Crippen LogP contribution in [0.3, 0.4) is 0 Å². The Morgan fingerprint density at radius 2 is 1.94 bits per heavy atom. The Bertz CT molecular complexity index is 894. The molecule has 0 saturated carbocycles. The number of rotatable bonds is 8. The SMILES string of the molecule is CC(C)NC(=O)C1N(CCCO)C(=O)[C@@H]2[C@H](C(=O)NCc3ccccc3)[C@]3(C)CCC12S3. The van der Waals surface area contributed by atoms with Crippen LogP contribution in [-0.4, -0.2) is 62.5 Å². The van der Waals surface area contributed by atoms with Crippen molar-refractivity contribution in [3.63, 3.8) is 0 Å². The van der Waals surface area contributed by atoms with E-state index in [0.29, 0.717) is 19.5 Å². The maximum Gasteiger partial charge on any atom is 0.244 e. The highest BCUT2D eigenvalue weighted by molar-refractivity contribution is 8.02. The monoisotopic (exact) mass is 459 g/mol. The first kappa shape index (κ1) is 23.1. The van der Waals surface area contributed by atoms with Crippen LogP contribution in [0.5, 0.6) is 0 Å². The molecule has 3 saturated heterocycles. The van der Waals surface area contributed by atoms with E-state index in [1.165, 1.54) is 0 Å². The number of benzene rings is 1. The molecule has 3 amide bonds. The largest absolute Gasteiger partial charge is 0.396 e. The second-order valence-corrected chi connectivity index (χ2v) is 11.6. The number of hydrogen-bond donors (Lipinski definition) is 3. The molecule has 2 bridgehead atoms. The zero-order valence-corrected chi connectivity index (χ0v) is 19.8. The number of fused-ring (bicyclic) bond motifs is 1. The van der Waals surface area contributed by atoms with E-state index < -0.39 is 22.6 Å². The lowest BCUT2D eigenvalue weighted by Gasteiger charge is -2.35. The van der Waals surface area contributed by atoms with Crippen molar-refractivity contribution in [2.45, 2.75) is 68.2 Å². The van der Waals surface area contributed by atoms with Gasteiger partial charge in [-0.3, -0.25) is 14.4 Å². The summed E-state index contributed by atoms with van der Waals surface area (Å²) in [5, 5.41) is 15.4. The summed E-state index contributed by atoms with van der Waals surface area (Å²) in [5.41, 5.74) is 1.01. The Kier molecular flexibility index (Phi) is 6.29. The third-order valence-corrected chi connectivity index (χ3v) is 9.09. The minimum Gasteiger partial charge on any atom is -0.396 e. The number of hydrogen-bond acceptors (Lipinski definition) is 5. The Labute approximate surface area is 193 Å². The summed E-state index contributed by atoms with van der Waals surface area (Å²) >= 11 is 1.67. The molecule has 3 fully saturated rings. The fourth-order valence-electron chi connectivity index (χ4n) is 5.87. The van der Waals surface area contributed by atoms with E-state index in [4.69, 9.17) is 0 Å². The van der Waals surface area contributed by atoms with E-state index >= 15 is 0 Å². The van der Waals surface area contributed by atoms with Crippen LogP contribution in [0.1, 0.15) is 45.6 Å². The van der Waals surface area contributed by atoms with Crippen LogP contribution in [-0.2, 0) is 20.9 Å². The molecule has 2 unspecified atom stereocenters. The fraction of sp³-hybridized carbons (Fsp3) is 0.625. The van der Waals surface area contributed by atoms with Crippen molar-refractivity contribution in [1.29, 1.82) is 0 Å². The molecule has 174 valence electrons. The molecule has 7 nitrogen and oxygen atoms in total. The lowest BCUT2D eigenvalue weighted by molar-refractivity contribution is -0.140. The Balaban J connectivity index is 1.63. The highest BCUT2D eigenvalue weighted by Crippen LogP contribution is 2.71. The van der Waals surface area contributed by atoms with Crippen molar-refractivity contribution in [3.8, 4) is 0 Å². The summed E-state index contributed by atoms with van der Waals surface area (Å²) in [7, 11) is 0. The number of nitrogens with one attached hydrogen (secondary N) is 2. The second kappa shape index (κ2) is 8.71. The number of amides is 3. The minimum absolute atomic E-state index is 0.0445. The first-order chi connectivity index (χ1) is 15.2. The van der Waals surface area contributed by atoms with Gasteiger partial charge >= 0.3 is 0 Å². The number of thioether (sulfide) groups is 1. The number of aliphatic hydroxyl groups is 1. The third-order valence-electron chi connectivity index (χ3n) is 7.11. The van der Waals surface area contributed by atoms with Gasteiger partial charge < -0.3 is 20.6 Å². The minimum atomic E-state index is -0.618. The first-order valence-electron chi connectivity index (χ1n) is 11.5. The van der Waals surface area contributed by atoms with E-state index in [0.717, 1.165) is 18.4 Å². The maximum absolute atomic E-state index is 13.7. The molecule has 4 rings (SSSR count). The lowest BCUT2D eigenvalue weighted by atomic mass is 9.66.